The van der Waals surface area contributed by atoms with Crippen molar-refractivity contribution in [2.75, 3.05) is 47.5 Å². The number of amidine groups is 2. The quantitative estimate of drug-likeness (QED) is 0.584. The number of nitrogens with zero attached hydrogens (tertiary/aromatic N) is 2. The van der Waals surface area contributed by atoms with Crippen LogP contribution in [0.3, 0.4) is 0 Å². The van der Waals surface area contributed by atoms with E-state index in [1.807, 2.05) is 12.1 Å². The molecule has 0 aliphatic carbocycles. The molecule has 0 spiro atoms. The molecule has 2 aliphatic rings. The molecular weight excluding hydrogens is 484 g/mol. The first-order chi connectivity index (χ1) is 15.9. The van der Waals surface area contributed by atoms with Gasteiger partial charge in [-0.25, -0.2) is 0 Å². The summed E-state index contributed by atoms with van der Waals surface area (Å²) in [5.74, 6) is 4.56. The van der Waals surface area contributed by atoms with E-state index in [0.29, 0.717) is 0 Å². The van der Waals surface area contributed by atoms with E-state index in [9.17, 15) is 0 Å². The number of halogens is 1. The van der Waals surface area contributed by atoms with Crippen molar-refractivity contribution >= 4 is 27.6 Å². The van der Waals surface area contributed by atoms with Crippen molar-refractivity contribution in [3.63, 3.8) is 0 Å². The Hall–Kier alpha value is -2.74. The highest BCUT2D eigenvalue weighted by molar-refractivity contribution is 9.10. The summed E-state index contributed by atoms with van der Waals surface area (Å²) in [5, 5.41) is 6.55. The smallest absolute Gasteiger partial charge is 0.161 e. The maximum absolute atomic E-state index is 5.30. The van der Waals surface area contributed by atoms with Crippen molar-refractivity contribution in [1.29, 1.82) is 0 Å². The van der Waals surface area contributed by atoms with Crippen molar-refractivity contribution in [3.8, 4) is 17.2 Å². The van der Waals surface area contributed by atoms with E-state index < -0.39 is 0 Å². The number of nitrogens with one attached hydrogen (secondary N) is 2. The first kappa shape index (κ1) is 24.9. The van der Waals surface area contributed by atoms with Gasteiger partial charge in [-0.2, -0.15) is 0 Å². The molecule has 0 aromatic heterocycles. The third-order valence-electron chi connectivity index (χ3n) is 5.61. The lowest BCUT2D eigenvalue weighted by Gasteiger charge is -2.12. The van der Waals surface area contributed by atoms with Crippen molar-refractivity contribution in [2.45, 2.75) is 26.7 Å². The van der Waals surface area contributed by atoms with E-state index in [1.54, 1.807) is 21.3 Å². The number of aliphatic imine (C=N–C) groups is 2. The van der Waals surface area contributed by atoms with Crippen LogP contribution >= 0.6 is 15.9 Å². The van der Waals surface area contributed by atoms with Gasteiger partial charge in [0.15, 0.2) is 11.5 Å². The van der Waals surface area contributed by atoms with Gasteiger partial charge >= 0.3 is 0 Å². The average molecular weight is 517 g/mol. The summed E-state index contributed by atoms with van der Waals surface area (Å²) >= 11 is 3.54. The standard InChI is InChI=1S/C13H18N2O.C12H15BrN2O2/c1-9-7-12(16-3)10(2)6-11(9)8-13-14-4-5-15-13;1-16-10-5-8(6-12-14-3-4-15-12)9(13)7-11(10)17-2/h6-7H,4-5,8H2,1-3H3,(H,14,15);5,7H,3-4,6H2,1-2H3,(H,14,15). The molecule has 0 atom stereocenters. The van der Waals surface area contributed by atoms with Crippen LogP contribution < -0.4 is 24.8 Å². The Balaban J connectivity index is 0.000000186. The fourth-order valence-corrected chi connectivity index (χ4v) is 4.25. The van der Waals surface area contributed by atoms with Crippen LogP contribution in [0.5, 0.6) is 17.2 Å². The van der Waals surface area contributed by atoms with E-state index in [-0.39, 0.29) is 0 Å². The highest BCUT2D eigenvalue weighted by Crippen LogP contribution is 2.33. The van der Waals surface area contributed by atoms with Crippen LogP contribution in [0.2, 0.25) is 0 Å². The molecule has 2 aromatic carbocycles. The minimum Gasteiger partial charge on any atom is -0.496 e. The number of aryl methyl sites for hydroxylation is 2. The summed E-state index contributed by atoms with van der Waals surface area (Å²) in [4.78, 5) is 8.80. The van der Waals surface area contributed by atoms with Gasteiger partial charge in [0.05, 0.1) is 34.4 Å². The number of hydrogen-bond acceptors (Lipinski definition) is 7. The number of hydrogen-bond donors (Lipinski definition) is 2. The predicted octanol–water partition coefficient (Wildman–Crippen LogP) is 3.87. The number of rotatable bonds is 7. The molecule has 0 saturated heterocycles. The van der Waals surface area contributed by atoms with Gasteiger partial charge in [-0.3, -0.25) is 9.98 Å². The van der Waals surface area contributed by atoms with E-state index in [1.165, 1.54) is 16.7 Å². The Morgan fingerprint density at radius 2 is 1.27 bits per heavy atom. The molecular formula is C25H33BrN4O3. The van der Waals surface area contributed by atoms with Gasteiger partial charge in [0.1, 0.15) is 17.4 Å². The second-order valence-corrected chi connectivity index (χ2v) is 8.77. The molecule has 33 heavy (non-hydrogen) atoms. The second kappa shape index (κ2) is 11.9. The third-order valence-corrected chi connectivity index (χ3v) is 6.35. The molecule has 2 aliphatic heterocycles. The Labute approximate surface area is 204 Å². The minimum absolute atomic E-state index is 0.726. The molecule has 178 valence electrons. The zero-order valence-corrected chi connectivity index (χ0v) is 21.6. The van der Waals surface area contributed by atoms with E-state index in [2.05, 4.69) is 62.5 Å². The van der Waals surface area contributed by atoms with Crippen molar-refractivity contribution in [3.05, 3.63) is 51.0 Å². The van der Waals surface area contributed by atoms with Crippen LogP contribution in [0.4, 0.5) is 0 Å². The lowest BCUT2D eigenvalue weighted by Crippen LogP contribution is -2.21. The SMILES string of the molecule is COc1cc(Br)c(CC2=NCCN2)cc1OC.COc1cc(C)c(CC2=NCCN2)cc1C. The summed E-state index contributed by atoms with van der Waals surface area (Å²) in [5.41, 5.74) is 4.91. The average Bonchev–Trinajstić information content (AvgIpc) is 3.52. The maximum atomic E-state index is 5.30. The molecule has 0 unspecified atom stereocenters. The van der Waals surface area contributed by atoms with Crippen LogP contribution in [-0.2, 0) is 12.8 Å². The summed E-state index contributed by atoms with van der Waals surface area (Å²) in [6, 6.07) is 8.19. The lowest BCUT2D eigenvalue weighted by atomic mass is 10.0. The summed E-state index contributed by atoms with van der Waals surface area (Å²) in [6.07, 6.45) is 1.68. The highest BCUT2D eigenvalue weighted by atomic mass is 79.9. The van der Waals surface area contributed by atoms with Crippen LogP contribution in [0.15, 0.2) is 38.7 Å². The van der Waals surface area contributed by atoms with E-state index in [4.69, 9.17) is 14.2 Å². The molecule has 7 nitrogen and oxygen atoms in total. The first-order valence-corrected chi connectivity index (χ1v) is 11.8. The molecule has 2 N–H and O–H groups in total. The van der Waals surface area contributed by atoms with Crippen LogP contribution in [0.25, 0.3) is 0 Å². The largest absolute Gasteiger partial charge is 0.496 e. The zero-order valence-electron chi connectivity index (χ0n) is 20.0. The van der Waals surface area contributed by atoms with Gasteiger partial charge < -0.3 is 24.8 Å². The van der Waals surface area contributed by atoms with Crippen molar-refractivity contribution in [2.24, 2.45) is 9.98 Å². The van der Waals surface area contributed by atoms with Crippen LogP contribution in [0, 0.1) is 13.8 Å². The van der Waals surface area contributed by atoms with Crippen LogP contribution in [0.1, 0.15) is 22.3 Å². The normalized spacial score (nSPS) is 14.4. The topological polar surface area (TPSA) is 76.5 Å². The van der Waals surface area contributed by atoms with Crippen LogP contribution in [-0.4, -0.2) is 59.2 Å². The predicted molar refractivity (Wildman–Crippen MR) is 138 cm³/mol. The van der Waals surface area contributed by atoms with Gasteiger partial charge in [-0.05, 0) is 54.3 Å². The third kappa shape index (κ3) is 6.63. The zero-order chi connectivity index (χ0) is 23.8. The number of ether oxygens (including phenoxy) is 3. The Morgan fingerprint density at radius 3 is 1.79 bits per heavy atom. The van der Waals surface area contributed by atoms with Gasteiger partial charge in [-0.1, -0.05) is 22.0 Å². The van der Waals surface area contributed by atoms with Crippen molar-refractivity contribution < 1.29 is 14.2 Å². The summed E-state index contributed by atoms with van der Waals surface area (Å²) in [6.45, 7) is 7.87. The van der Waals surface area contributed by atoms with Gasteiger partial charge in [0.25, 0.3) is 0 Å². The lowest BCUT2D eigenvalue weighted by molar-refractivity contribution is 0.354. The van der Waals surface area contributed by atoms with Gasteiger partial charge in [-0.15, -0.1) is 0 Å². The number of benzene rings is 2. The molecule has 0 amide bonds. The molecule has 2 heterocycles. The Morgan fingerprint density at radius 1 is 0.727 bits per heavy atom. The molecule has 0 bridgehead atoms. The van der Waals surface area contributed by atoms with Gasteiger partial charge in [0, 0.05) is 30.4 Å². The maximum Gasteiger partial charge on any atom is 0.161 e. The molecule has 4 rings (SSSR count). The van der Waals surface area contributed by atoms with Crippen molar-refractivity contribution in [1.82, 2.24) is 10.6 Å². The molecule has 2 aromatic rings. The minimum atomic E-state index is 0.726. The Kier molecular flexibility index (Phi) is 9.00. The highest BCUT2D eigenvalue weighted by Gasteiger charge is 2.13. The number of methoxy groups -OCH3 is 3. The first-order valence-electron chi connectivity index (χ1n) is 11.0. The molecule has 0 radical (unpaired) electrons. The van der Waals surface area contributed by atoms with Gasteiger partial charge in [0.2, 0.25) is 0 Å². The Bertz CT molecular complexity index is 1040. The summed E-state index contributed by atoms with van der Waals surface area (Å²) in [7, 11) is 4.98. The second-order valence-electron chi connectivity index (χ2n) is 7.91. The fraction of sp³-hybridized carbons (Fsp3) is 0.440. The fourth-order valence-electron chi connectivity index (χ4n) is 3.78. The summed E-state index contributed by atoms with van der Waals surface area (Å²) < 4.78 is 16.8. The monoisotopic (exact) mass is 516 g/mol. The van der Waals surface area contributed by atoms with E-state index >= 15 is 0 Å². The molecule has 0 fully saturated rings. The molecule has 0 saturated carbocycles. The van der Waals surface area contributed by atoms with E-state index in [0.717, 1.165) is 78.0 Å². The molecule has 8 heteroatoms.